The Bertz CT molecular complexity index is 697. The van der Waals surface area contributed by atoms with Gasteiger partial charge in [0.1, 0.15) is 0 Å². The standard InChI is InChI=1S/C21H27NO2/c1-5-16-7-6-8-17-11-12-22(2)18(21(16)17)13-15-9-10-19(23-3)20(14-15)24-4/h6-10,14,18H,5,11-13H2,1-4H3. The summed E-state index contributed by atoms with van der Waals surface area (Å²) in [5.41, 5.74) is 5.80. The maximum Gasteiger partial charge on any atom is 0.160 e. The van der Waals surface area contributed by atoms with Crippen molar-refractivity contribution in [2.24, 2.45) is 0 Å². The predicted octanol–water partition coefficient (Wildman–Crippen LogP) is 4.04. The molecule has 1 aliphatic heterocycles. The zero-order valence-corrected chi connectivity index (χ0v) is 15.1. The first-order valence-electron chi connectivity index (χ1n) is 8.69. The number of fused-ring (bicyclic) bond motifs is 1. The fraction of sp³-hybridized carbons (Fsp3) is 0.429. The number of hydrogen-bond acceptors (Lipinski definition) is 3. The van der Waals surface area contributed by atoms with Gasteiger partial charge in [0, 0.05) is 12.6 Å². The van der Waals surface area contributed by atoms with Crippen molar-refractivity contribution in [3.8, 4) is 11.5 Å². The van der Waals surface area contributed by atoms with E-state index in [1.54, 1.807) is 14.2 Å². The molecule has 3 nitrogen and oxygen atoms in total. The summed E-state index contributed by atoms with van der Waals surface area (Å²) in [5, 5.41) is 0. The highest BCUT2D eigenvalue weighted by Gasteiger charge is 2.27. The van der Waals surface area contributed by atoms with E-state index in [2.05, 4.69) is 49.2 Å². The van der Waals surface area contributed by atoms with E-state index in [9.17, 15) is 0 Å². The summed E-state index contributed by atoms with van der Waals surface area (Å²) in [5.74, 6) is 1.59. The topological polar surface area (TPSA) is 21.7 Å². The molecule has 0 spiro atoms. The summed E-state index contributed by atoms with van der Waals surface area (Å²) < 4.78 is 10.8. The molecule has 0 saturated heterocycles. The first-order chi connectivity index (χ1) is 11.7. The molecule has 0 amide bonds. The number of ether oxygens (including phenoxy) is 2. The Hall–Kier alpha value is -2.00. The van der Waals surface area contributed by atoms with Gasteiger partial charge in [-0.15, -0.1) is 0 Å². The second-order valence-electron chi connectivity index (χ2n) is 6.48. The van der Waals surface area contributed by atoms with Crippen LogP contribution in [0.5, 0.6) is 11.5 Å². The van der Waals surface area contributed by atoms with Crippen LogP contribution in [0.1, 0.15) is 35.2 Å². The van der Waals surface area contributed by atoms with E-state index < -0.39 is 0 Å². The molecule has 24 heavy (non-hydrogen) atoms. The van der Waals surface area contributed by atoms with Crippen molar-refractivity contribution in [3.63, 3.8) is 0 Å². The molecule has 0 aliphatic carbocycles. The lowest BCUT2D eigenvalue weighted by Crippen LogP contribution is -2.34. The van der Waals surface area contributed by atoms with E-state index in [1.807, 2.05) is 6.07 Å². The maximum absolute atomic E-state index is 5.47. The van der Waals surface area contributed by atoms with E-state index >= 15 is 0 Å². The Balaban J connectivity index is 1.96. The van der Waals surface area contributed by atoms with Gasteiger partial charge < -0.3 is 9.47 Å². The molecule has 1 atom stereocenters. The number of methoxy groups -OCH3 is 2. The molecular weight excluding hydrogens is 298 g/mol. The number of benzene rings is 2. The van der Waals surface area contributed by atoms with Crippen LogP contribution >= 0.6 is 0 Å². The van der Waals surface area contributed by atoms with Crippen LogP contribution in [0.15, 0.2) is 36.4 Å². The molecule has 1 unspecified atom stereocenters. The summed E-state index contributed by atoms with van der Waals surface area (Å²) in [6.07, 6.45) is 3.21. The highest BCUT2D eigenvalue weighted by Crippen LogP contribution is 2.36. The first kappa shape index (κ1) is 16.8. The molecule has 2 aromatic rings. The highest BCUT2D eigenvalue weighted by atomic mass is 16.5. The molecular formula is C21H27NO2. The Kier molecular flexibility index (Phi) is 5.10. The van der Waals surface area contributed by atoms with Crippen molar-refractivity contribution < 1.29 is 9.47 Å². The SMILES string of the molecule is CCc1cccc2c1C(Cc1ccc(OC)c(OC)c1)N(C)CC2. The minimum absolute atomic E-state index is 0.419. The lowest BCUT2D eigenvalue weighted by Gasteiger charge is -2.36. The van der Waals surface area contributed by atoms with Gasteiger partial charge in [-0.1, -0.05) is 31.2 Å². The predicted molar refractivity (Wildman–Crippen MR) is 98.1 cm³/mol. The Morgan fingerprint density at radius 1 is 1.08 bits per heavy atom. The van der Waals surface area contributed by atoms with Gasteiger partial charge in [-0.25, -0.2) is 0 Å². The van der Waals surface area contributed by atoms with Crippen molar-refractivity contribution in [2.75, 3.05) is 27.8 Å². The van der Waals surface area contributed by atoms with Crippen molar-refractivity contribution in [3.05, 3.63) is 58.7 Å². The Labute approximate surface area is 145 Å². The lowest BCUT2D eigenvalue weighted by atomic mass is 9.85. The van der Waals surface area contributed by atoms with Crippen LogP contribution in [0.4, 0.5) is 0 Å². The quantitative estimate of drug-likeness (QED) is 0.828. The summed E-state index contributed by atoms with van der Waals surface area (Å²) in [6, 6.07) is 13.5. The Morgan fingerprint density at radius 2 is 1.88 bits per heavy atom. The Morgan fingerprint density at radius 3 is 2.58 bits per heavy atom. The molecule has 0 saturated carbocycles. The summed E-state index contributed by atoms with van der Waals surface area (Å²) >= 11 is 0. The fourth-order valence-corrected chi connectivity index (χ4v) is 3.78. The highest BCUT2D eigenvalue weighted by molar-refractivity contribution is 5.45. The van der Waals surface area contributed by atoms with Crippen LogP contribution in [0, 0.1) is 0 Å². The van der Waals surface area contributed by atoms with Crippen LogP contribution in [0.25, 0.3) is 0 Å². The van der Waals surface area contributed by atoms with Gasteiger partial charge in [-0.3, -0.25) is 4.90 Å². The number of nitrogens with zero attached hydrogens (tertiary/aromatic N) is 1. The fourth-order valence-electron chi connectivity index (χ4n) is 3.78. The normalized spacial score (nSPS) is 17.4. The number of rotatable bonds is 5. The molecule has 0 aromatic heterocycles. The molecule has 2 aromatic carbocycles. The van der Waals surface area contributed by atoms with E-state index in [1.165, 1.54) is 22.3 Å². The average Bonchev–Trinajstić information content (AvgIpc) is 2.63. The van der Waals surface area contributed by atoms with Gasteiger partial charge in [0.15, 0.2) is 11.5 Å². The van der Waals surface area contributed by atoms with E-state index in [-0.39, 0.29) is 0 Å². The summed E-state index contributed by atoms with van der Waals surface area (Å²) in [4.78, 5) is 2.48. The average molecular weight is 325 g/mol. The zero-order valence-electron chi connectivity index (χ0n) is 15.1. The number of aryl methyl sites for hydroxylation is 1. The van der Waals surface area contributed by atoms with Gasteiger partial charge in [-0.2, -0.15) is 0 Å². The lowest BCUT2D eigenvalue weighted by molar-refractivity contribution is 0.228. The maximum atomic E-state index is 5.47. The van der Waals surface area contributed by atoms with Crippen LogP contribution in [-0.2, 0) is 19.3 Å². The third-order valence-electron chi connectivity index (χ3n) is 5.14. The minimum atomic E-state index is 0.419. The molecule has 1 aliphatic rings. The van der Waals surface area contributed by atoms with Crippen LogP contribution in [0.3, 0.4) is 0 Å². The van der Waals surface area contributed by atoms with Crippen LogP contribution in [0.2, 0.25) is 0 Å². The summed E-state index contributed by atoms with van der Waals surface area (Å²) in [7, 11) is 5.61. The van der Waals surface area contributed by atoms with Crippen molar-refractivity contribution in [1.29, 1.82) is 0 Å². The molecule has 3 rings (SSSR count). The van der Waals surface area contributed by atoms with Gasteiger partial charge in [0.05, 0.1) is 14.2 Å². The smallest absolute Gasteiger partial charge is 0.160 e. The van der Waals surface area contributed by atoms with E-state index in [4.69, 9.17) is 9.47 Å². The van der Waals surface area contributed by atoms with Gasteiger partial charge in [0.2, 0.25) is 0 Å². The van der Waals surface area contributed by atoms with Crippen molar-refractivity contribution >= 4 is 0 Å². The van der Waals surface area contributed by atoms with E-state index in [0.717, 1.165) is 37.3 Å². The molecule has 1 heterocycles. The molecule has 0 N–H and O–H groups in total. The zero-order chi connectivity index (χ0) is 17.1. The molecule has 0 bridgehead atoms. The second-order valence-corrected chi connectivity index (χ2v) is 6.48. The molecule has 0 fully saturated rings. The number of likely N-dealkylation sites (N-methyl/N-ethyl adjacent to an activating group) is 1. The second kappa shape index (κ2) is 7.27. The third-order valence-corrected chi connectivity index (χ3v) is 5.14. The van der Waals surface area contributed by atoms with Gasteiger partial charge in [-0.05, 0) is 60.7 Å². The van der Waals surface area contributed by atoms with Crippen molar-refractivity contribution in [2.45, 2.75) is 32.2 Å². The first-order valence-corrected chi connectivity index (χ1v) is 8.69. The van der Waals surface area contributed by atoms with E-state index in [0.29, 0.717) is 6.04 Å². The largest absolute Gasteiger partial charge is 0.493 e. The number of hydrogen-bond donors (Lipinski definition) is 0. The van der Waals surface area contributed by atoms with Crippen LogP contribution in [-0.4, -0.2) is 32.7 Å². The van der Waals surface area contributed by atoms with Gasteiger partial charge in [0.25, 0.3) is 0 Å². The van der Waals surface area contributed by atoms with Gasteiger partial charge >= 0.3 is 0 Å². The molecule has 0 radical (unpaired) electrons. The van der Waals surface area contributed by atoms with Crippen molar-refractivity contribution in [1.82, 2.24) is 4.90 Å². The monoisotopic (exact) mass is 325 g/mol. The third kappa shape index (κ3) is 3.13. The minimum Gasteiger partial charge on any atom is -0.493 e. The summed E-state index contributed by atoms with van der Waals surface area (Å²) in [6.45, 7) is 3.36. The van der Waals surface area contributed by atoms with Crippen LogP contribution < -0.4 is 9.47 Å². The molecule has 128 valence electrons. The molecule has 3 heteroatoms.